The minimum atomic E-state index is -0.286. The first-order valence-corrected chi connectivity index (χ1v) is 14.0. The Balaban J connectivity index is 1.57. The summed E-state index contributed by atoms with van der Waals surface area (Å²) in [6.07, 6.45) is 5.36. The summed E-state index contributed by atoms with van der Waals surface area (Å²) >= 11 is 3.02. The zero-order valence-electron chi connectivity index (χ0n) is 21.0. The highest BCUT2D eigenvalue weighted by Gasteiger charge is 2.48. The number of thioether (sulfide) groups is 2. The molecule has 0 saturated carbocycles. The summed E-state index contributed by atoms with van der Waals surface area (Å²) in [6, 6.07) is 0. The third-order valence-electron chi connectivity index (χ3n) is 6.72. The van der Waals surface area contributed by atoms with Gasteiger partial charge in [0.1, 0.15) is 28.3 Å². The summed E-state index contributed by atoms with van der Waals surface area (Å²) in [5.74, 6) is 1.48. The normalized spacial score (nSPS) is 21.7. The zero-order chi connectivity index (χ0) is 24.4. The lowest BCUT2D eigenvalue weighted by atomic mass is 9.92. The van der Waals surface area contributed by atoms with Gasteiger partial charge in [0.2, 0.25) is 0 Å². The predicted octanol–water partition coefficient (Wildman–Crippen LogP) is 5.71. The first-order valence-electron chi connectivity index (χ1n) is 12.4. The van der Waals surface area contributed by atoms with Crippen LogP contribution in [0.15, 0.2) is 19.6 Å². The van der Waals surface area contributed by atoms with E-state index < -0.39 is 0 Å². The van der Waals surface area contributed by atoms with E-state index in [1.54, 1.807) is 10.0 Å². The average molecular weight is 503 g/mol. The van der Waals surface area contributed by atoms with Gasteiger partial charge in [-0.15, -0.1) is 0 Å². The molecule has 0 aliphatic carbocycles. The standard InChI is InChI=1S/C26H34N2O4S2/c1-7-9-11-27-22(29)17(23(30)28(27)12-10-8-2)24-33-20-18-15(13-25(3,4)31-18)16-14-26(5,6)32-19(16)21(20)34-24/h7-14H2,1-6H3. The highest BCUT2D eigenvalue weighted by atomic mass is 32.2. The van der Waals surface area contributed by atoms with Gasteiger partial charge in [0.15, 0.2) is 0 Å². The Morgan fingerprint density at radius 2 is 1.18 bits per heavy atom. The third-order valence-corrected chi connectivity index (χ3v) is 9.32. The van der Waals surface area contributed by atoms with E-state index in [-0.39, 0.29) is 23.0 Å². The van der Waals surface area contributed by atoms with Gasteiger partial charge >= 0.3 is 0 Å². The topological polar surface area (TPSA) is 59.1 Å². The van der Waals surface area contributed by atoms with Gasteiger partial charge in [0.05, 0.1) is 14.0 Å². The number of carbonyl (C=O) groups excluding carboxylic acids is 2. The van der Waals surface area contributed by atoms with E-state index in [4.69, 9.17) is 9.47 Å². The minimum absolute atomic E-state index is 0.173. The molecule has 0 aromatic heterocycles. The second-order valence-electron chi connectivity index (χ2n) is 10.8. The van der Waals surface area contributed by atoms with Crippen LogP contribution in [0.3, 0.4) is 0 Å². The molecular weight excluding hydrogens is 468 g/mol. The van der Waals surface area contributed by atoms with E-state index in [9.17, 15) is 9.59 Å². The summed E-state index contributed by atoms with van der Waals surface area (Å²) < 4.78 is 13.6. The molecule has 5 rings (SSSR count). The van der Waals surface area contributed by atoms with Crippen LogP contribution < -0.4 is 9.47 Å². The fourth-order valence-electron chi connectivity index (χ4n) is 5.12. The molecule has 0 unspecified atom stereocenters. The molecule has 0 bridgehead atoms. The number of ether oxygens (including phenoxy) is 2. The number of unbranched alkanes of at least 4 members (excludes halogenated alkanes) is 2. The van der Waals surface area contributed by atoms with E-state index in [2.05, 4.69) is 41.5 Å². The Morgan fingerprint density at radius 3 is 1.56 bits per heavy atom. The molecule has 1 saturated heterocycles. The fourth-order valence-corrected chi connectivity index (χ4v) is 7.84. The maximum Gasteiger partial charge on any atom is 0.279 e. The summed E-state index contributed by atoms with van der Waals surface area (Å²) in [6.45, 7) is 13.8. The Kier molecular flexibility index (Phi) is 5.91. The molecule has 4 aliphatic heterocycles. The number of amides is 2. The first kappa shape index (κ1) is 23.9. The number of rotatable bonds is 6. The SMILES string of the molecule is CCCCN1C(=O)C(=C2Sc3c4c(c5c(c3S2)OC(C)(C)C5)CC(C)(C)O4)C(=O)N1CCCC. The molecule has 0 atom stereocenters. The van der Waals surface area contributed by atoms with Gasteiger partial charge < -0.3 is 9.47 Å². The lowest BCUT2D eigenvalue weighted by molar-refractivity contribution is -0.147. The van der Waals surface area contributed by atoms with Crippen molar-refractivity contribution in [3.8, 4) is 11.5 Å². The lowest BCUT2D eigenvalue weighted by Gasteiger charge is -2.27. The van der Waals surface area contributed by atoms with Crippen LogP contribution in [0, 0.1) is 0 Å². The van der Waals surface area contributed by atoms with Gasteiger partial charge in [-0.25, -0.2) is 10.0 Å². The second kappa shape index (κ2) is 8.40. The van der Waals surface area contributed by atoms with Crippen molar-refractivity contribution < 1.29 is 19.1 Å². The lowest BCUT2D eigenvalue weighted by Crippen LogP contribution is -2.42. The summed E-state index contributed by atoms with van der Waals surface area (Å²) in [5, 5.41) is 3.34. The molecule has 1 aromatic rings. The molecule has 4 heterocycles. The number of fused-ring (bicyclic) bond motifs is 6. The van der Waals surface area contributed by atoms with Crippen molar-refractivity contribution in [2.45, 2.75) is 101 Å². The van der Waals surface area contributed by atoms with Crippen molar-refractivity contribution in [2.24, 2.45) is 0 Å². The number of hydrogen-bond donors (Lipinski definition) is 0. The van der Waals surface area contributed by atoms with Gasteiger partial charge in [0.25, 0.3) is 11.8 Å². The number of carbonyl (C=O) groups is 2. The third kappa shape index (κ3) is 3.81. The van der Waals surface area contributed by atoms with Crippen molar-refractivity contribution in [2.75, 3.05) is 13.1 Å². The van der Waals surface area contributed by atoms with Gasteiger partial charge in [-0.05, 0) is 40.5 Å². The average Bonchev–Trinajstić information content (AvgIpc) is 3.46. The number of hydrazine groups is 1. The van der Waals surface area contributed by atoms with Crippen LogP contribution >= 0.6 is 23.5 Å². The summed E-state index contributed by atoms with van der Waals surface area (Å²) in [4.78, 5) is 29.0. The Hall–Kier alpha value is -1.80. The molecule has 34 heavy (non-hydrogen) atoms. The highest BCUT2D eigenvalue weighted by Crippen LogP contribution is 2.65. The van der Waals surface area contributed by atoms with Crippen LogP contribution in [0.1, 0.15) is 78.4 Å². The molecule has 0 spiro atoms. The van der Waals surface area contributed by atoms with Crippen molar-refractivity contribution in [3.63, 3.8) is 0 Å². The molecule has 2 amide bonds. The molecule has 4 aliphatic rings. The Bertz CT molecular complexity index is 1030. The molecule has 0 N–H and O–H groups in total. The van der Waals surface area contributed by atoms with Gasteiger partial charge in [-0.3, -0.25) is 9.59 Å². The van der Waals surface area contributed by atoms with Gasteiger partial charge in [-0.2, -0.15) is 0 Å². The van der Waals surface area contributed by atoms with Crippen LogP contribution in [-0.4, -0.2) is 46.1 Å². The molecule has 8 heteroatoms. The number of nitrogens with zero attached hydrogens (tertiary/aromatic N) is 2. The highest BCUT2D eigenvalue weighted by molar-refractivity contribution is 8.25. The Morgan fingerprint density at radius 1 is 0.765 bits per heavy atom. The molecule has 6 nitrogen and oxygen atoms in total. The van der Waals surface area contributed by atoms with Crippen molar-refractivity contribution in [3.05, 3.63) is 20.9 Å². The molecule has 1 fully saturated rings. The smallest absolute Gasteiger partial charge is 0.279 e. The maximum absolute atomic E-state index is 13.5. The van der Waals surface area contributed by atoms with Crippen LogP contribution in [-0.2, 0) is 22.4 Å². The molecule has 184 valence electrons. The van der Waals surface area contributed by atoms with Crippen molar-refractivity contribution in [1.82, 2.24) is 10.0 Å². The van der Waals surface area contributed by atoms with E-state index in [0.717, 1.165) is 64.1 Å². The largest absolute Gasteiger partial charge is 0.486 e. The zero-order valence-corrected chi connectivity index (χ0v) is 22.6. The van der Waals surface area contributed by atoms with Crippen molar-refractivity contribution in [1.29, 1.82) is 0 Å². The Labute approximate surface area is 210 Å². The fraction of sp³-hybridized carbons (Fsp3) is 0.615. The van der Waals surface area contributed by atoms with Crippen LogP contribution in [0.5, 0.6) is 11.5 Å². The second-order valence-corrected chi connectivity index (χ2v) is 13.1. The molecule has 1 aromatic carbocycles. The van der Waals surface area contributed by atoms with Gasteiger partial charge in [-0.1, -0.05) is 50.2 Å². The molecular formula is C26H34N2O4S2. The summed E-state index contributed by atoms with van der Waals surface area (Å²) in [5.41, 5.74) is 2.18. The van der Waals surface area contributed by atoms with E-state index >= 15 is 0 Å². The molecule has 0 radical (unpaired) electrons. The first-order chi connectivity index (χ1) is 16.1. The van der Waals surface area contributed by atoms with Crippen LogP contribution in [0.4, 0.5) is 0 Å². The van der Waals surface area contributed by atoms with Crippen LogP contribution in [0.25, 0.3) is 0 Å². The maximum atomic E-state index is 13.5. The summed E-state index contributed by atoms with van der Waals surface area (Å²) in [7, 11) is 0. The van der Waals surface area contributed by atoms with E-state index in [1.807, 2.05) is 0 Å². The van der Waals surface area contributed by atoms with Crippen LogP contribution in [0.2, 0.25) is 0 Å². The van der Waals surface area contributed by atoms with Crippen molar-refractivity contribution >= 4 is 35.3 Å². The predicted molar refractivity (Wildman–Crippen MR) is 135 cm³/mol. The van der Waals surface area contributed by atoms with E-state index in [0.29, 0.717) is 18.7 Å². The monoisotopic (exact) mass is 502 g/mol. The minimum Gasteiger partial charge on any atom is -0.486 e. The quantitative estimate of drug-likeness (QED) is 0.367. The number of benzene rings is 1. The number of hydrogen-bond acceptors (Lipinski definition) is 6. The van der Waals surface area contributed by atoms with Gasteiger partial charge in [0, 0.05) is 37.1 Å². The van der Waals surface area contributed by atoms with E-state index in [1.165, 1.54) is 34.7 Å².